The zero-order valence-electron chi connectivity index (χ0n) is 22.4. The van der Waals surface area contributed by atoms with Crippen molar-refractivity contribution in [1.82, 2.24) is 9.21 Å². The van der Waals surface area contributed by atoms with Crippen molar-refractivity contribution in [3.8, 4) is 0 Å². The third-order valence-electron chi connectivity index (χ3n) is 7.67. The van der Waals surface area contributed by atoms with E-state index in [-0.39, 0.29) is 46.3 Å². The summed E-state index contributed by atoms with van der Waals surface area (Å²) in [7, 11) is 0.0442. The molecule has 7 nitrogen and oxygen atoms in total. The number of halogens is 3. The van der Waals surface area contributed by atoms with Gasteiger partial charge in [0.25, 0.3) is 5.91 Å². The minimum atomic E-state index is -3.96. The minimum absolute atomic E-state index is 0.0730. The van der Waals surface area contributed by atoms with Crippen LogP contribution in [0.4, 0.5) is 15.8 Å². The third kappa shape index (κ3) is 5.92. The molecule has 1 saturated heterocycles. The molecule has 0 bridgehead atoms. The summed E-state index contributed by atoms with van der Waals surface area (Å²) < 4.78 is 43.1. The van der Waals surface area contributed by atoms with E-state index in [0.29, 0.717) is 19.6 Å². The quantitative estimate of drug-likeness (QED) is 0.377. The van der Waals surface area contributed by atoms with Crippen molar-refractivity contribution in [2.24, 2.45) is 0 Å². The van der Waals surface area contributed by atoms with Gasteiger partial charge in [0.15, 0.2) is 0 Å². The lowest BCUT2D eigenvalue weighted by Gasteiger charge is -2.35. The molecule has 1 amide bonds. The summed E-state index contributed by atoms with van der Waals surface area (Å²) in [6.45, 7) is 1.87. The number of fused-ring (bicyclic) bond motifs is 1. The number of amides is 1. The topological polar surface area (TPSA) is 64.2 Å². The second-order valence-corrected chi connectivity index (χ2v) is 13.6. The summed E-state index contributed by atoms with van der Waals surface area (Å²) >= 11 is 9.97. The van der Waals surface area contributed by atoms with Crippen molar-refractivity contribution >= 4 is 54.8 Å². The molecule has 212 valence electrons. The highest BCUT2D eigenvalue weighted by atomic mass is 79.9. The first-order valence-corrected chi connectivity index (χ1v) is 15.7. The fraction of sp³-hybridized carbons (Fsp3) is 0.345. The van der Waals surface area contributed by atoms with Gasteiger partial charge in [0, 0.05) is 60.2 Å². The minimum Gasteiger partial charge on any atom is -0.369 e. The van der Waals surface area contributed by atoms with Crippen molar-refractivity contribution in [2.75, 3.05) is 56.6 Å². The molecule has 3 aromatic rings. The van der Waals surface area contributed by atoms with Gasteiger partial charge in [0.2, 0.25) is 10.0 Å². The van der Waals surface area contributed by atoms with Gasteiger partial charge in [-0.15, -0.1) is 0 Å². The molecule has 2 aliphatic heterocycles. The number of rotatable bonds is 5. The smallest absolute Gasteiger partial charge is 0.258 e. The maximum atomic E-state index is 14.0. The number of aryl methyl sites for hydroxylation is 1. The Morgan fingerprint density at radius 1 is 1.00 bits per heavy atom. The fourth-order valence-electron chi connectivity index (χ4n) is 5.32. The molecule has 2 heterocycles. The standard InChI is InChI=1S/C29H31BrClFN4O3S/c1-33(2)25-8-3-20-17-22(30)5-12-27(20)36(19-25)29(37)21-4-11-26(31)28(18-21)40(38,39)35-15-13-34(14-16-35)24-9-6-23(32)7-10-24/h4-7,9-12,17-18,25H,3,8,13-16,19H2,1-2H3. The van der Waals surface area contributed by atoms with Gasteiger partial charge in [0.1, 0.15) is 10.7 Å². The number of piperazine rings is 1. The van der Waals surface area contributed by atoms with Crippen molar-refractivity contribution in [3.63, 3.8) is 0 Å². The van der Waals surface area contributed by atoms with Crippen molar-refractivity contribution in [2.45, 2.75) is 23.8 Å². The Labute approximate surface area is 248 Å². The van der Waals surface area contributed by atoms with E-state index in [1.807, 2.05) is 37.2 Å². The van der Waals surface area contributed by atoms with Crippen LogP contribution >= 0.6 is 27.5 Å². The lowest BCUT2D eigenvalue weighted by Crippen LogP contribution is -2.48. The monoisotopic (exact) mass is 648 g/mol. The predicted molar refractivity (Wildman–Crippen MR) is 160 cm³/mol. The Balaban J connectivity index is 1.41. The van der Waals surface area contributed by atoms with Gasteiger partial charge in [-0.1, -0.05) is 27.5 Å². The van der Waals surface area contributed by atoms with Crippen LogP contribution < -0.4 is 9.80 Å². The number of nitrogens with zero attached hydrogens (tertiary/aromatic N) is 4. The Morgan fingerprint density at radius 3 is 2.38 bits per heavy atom. The van der Waals surface area contributed by atoms with Crippen LogP contribution in [0.5, 0.6) is 0 Å². The highest BCUT2D eigenvalue weighted by molar-refractivity contribution is 9.10. The molecule has 0 radical (unpaired) electrons. The average molecular weight is 650 g/mol. The van der Waals surface area contributed by atoms with Crippen LogP contribution in [0.15, 0.2) is 70.0 Å². The van der Waals surface area contributed by atoms with Crippen LogP contribution in [-0.2, 0) is 16.4 Å². The average Bonchev–Trinajstić information content (AvgIpc) is 3.13. The molecule has 0 saturated carbocycles. The van der Waals surface area contributed by atoms with E-state index in [4.69, 9.17) is 11.6 Å². The Bertz CT molecular complexity index is 1510. The zero-order chi connectivity index (χ0) is 28.6. The summed E-state index contributed by atoms with van der Waals surface area (Å²) in [5.41, 5.74) is 2.99. The lowest BCUT2D eigenvalue weighted by atomic mass is 10.1. The number of carbonyl (C=O) groups is 1. The molecular formula is C29H31BrClFN4O3S. The van der Waals surface area contributed by atoms with E-state index in [1.54, 1.807) is 23.1 Å². The Morgan fingerprint density at radius 2 is 1.70 bits per heavy atom. The summed E-state index contributed by atoms with van der Waals surface area (Å²) in [6, 6.07) is 16.7. The molecule has 5 rings (SSSR count). The number of hydrogen-bond donors (Lipinski definition) is 0. The predicted octanol–water partition coefficient (Wildman–Crippen LogP) is 5.28. The summed E-state index contributed by atoms with van der Waals surface area (Å²) in [4.78, 5) is 19.8. The van der Waals surface area contributed by atoms with E-state index < -0.39 is 10.0 Å². The Kier molecular flexibility index (Phi) is 8.54. The molecular weight excluding hydrogens is 619 g/mol. The molecule has 0 aromatic heterocycles. The first-order chi connectivity index (χ1) is 19.0. The second kappa shape index (κ2) is 11.8. The van der Waals surface area contributed by atoms with Gasteiger partial charge in [-0.3, -0.25) is 4.79 Å². The zero-order valence-corrected chi connectivity index (χ0v) is 25.5. The Hall–Kier alpha value is -2.50. The first-order valence-electron chi connectivity index (χ1n) is 13.1. The van der Waals surface area contributed by atoms with Crippen molar-refractivity contribution in [3.05, 3.63) is 87.1 Å². The third-order valence-corrected chi connectivity index (χ3v) is 10.5. The maximum Gasteiger partial charge on any atom is 0.258 e. The summed E-state index contributed by atoms with van der Waals surface area (Å²) in [5, 5.41) is 0.0730. The molecule has 0 spiro atoms. The normalized spacial score (nSPS) is 18.5. The van der Waals surface area contributed by atoms with E-state index in [0.717, 1.165) is 34.3 Å². The molecule has 3 aromatic carbocycles. The molecule has 1 atom stereocenters. The van der Waals surface area contributed by atoms with Crippen LogP contribution in [0.25, 0.3) is 0 Å². The number of hydrogen-bond acceptors (Lipinski definition) is 5. The van der Waals surface area contributed by atoms with E-state index in [2.05, 4.69) is 20.8 Å². The number of benzene rings is 3. The highest BCUT2D eigenvalue weighted by Gasteiger charge is 2.33. The summed E-state index contributed by atoms with van der Waals surface area (Å²) in [6.07, 6.45) is 1.72. The van der Waals surface area contributed by atoms with Crippen LogP contribution in [0.2, 0.25) is 5.02 Å². The van der Waals surface area contributed by atoms with Crippen LogP contribution in [0.1, 0.15) is 22.3 Å². The van der Waals surface area contributed by atoms with Crippen LogP contribution in [0, 0.1) is 5.82 Å². The van der Waals surface area contributed by atoms with E-state index in [1.165, 1.54) is 28.6 Å². The number of carbonyl (C=O) groups excluding carboxylic acids is 1. The number of likely N-dealkylation sites (N-methyl/N-ethyl adjacent to an activating group) is 1. The molecule has 2 aliphatic rings. The molecule has 1 fully saturated rings. The molecule has 0 N–H and O–H groups in total. The van der Waals surface area contributed by atoms with Gasteiger partial charge in [-0.25, -0.2) is 12.8 Å². The number of sulfonamides is 1. The van der Waals surface area contributed by atoms with Crippen molar-refractivity contribution in [1.29, 1.82) is 0 Å². The maximum absolute atomic E-state index is 14.0. The molecule has 1 unspecified atom stereocenters. The van der Waals surface area contributed by atoms with Crippen molar-refractivity contribution < 1.29 is 17.6 Å². The molecule has 40 heavy (non-hydrogen) atoms. The summed E-state index contributed by atoms with van der Waals surface area (Å²) in [5.74, 6) is -0.589. The van der Waals surface area contributed by atoms with E-state index in [9.17, 15) is 17.6 Å². The van der Waals surface area contributed by atoms with Crippen LogP contribution in [0.3, 0.4) is 0 Å². The second-order valence-electron chi connectivity index (χ2n) is 10.4. The van der Waals surface area contributed by atoms with Gasteiger partial charge in [0.05, 0.1) is 5.02 Å². The van der Waals surface area contributed by atoms with Gasteiger partial charge < -0.3 is 14.7 Å². The fourth-order valence-corrected chi connectivity index (χ4v) is 7.65. The molecule has 0 aliphatic carbocycles. The largest absolute Gasteiger partial charge is 0.369 e. The molecule has 11 heteroatoms. The highest BCUT2D eigenvalue weighted by Crippen LogP contribution is 2.33. The van der Waals surface area contributed by atoms with Gasteiger partial charge >= 0.3 is 0 Å². The van der Waals surface area contributed by atoms with Gasteiger partial charge in [-0.2, -0.15) is 4.31 Å². The van der Waals surface area contributed by atoms with Crippen LogP contribution in [-0.4, -0.2) is 76.4 Å². The number of anilines is 2. The SMILES string of the molecule is CN(C)C1CCc2cc(Br)ccc2N(C(=O)c2ccc(Cl)c(S(=O)(=O)N3CCN(c4ccc(F)cc4)CC3)c2)C1. The van der Waals surface area contributed by atoms with Gasteiger partial charge in [-0.05, 0) is 93.2 Å². The van der Waals surface area contributed by atoms with E-state index >= 15 is 0 Å². The first kappa shape index (κ1) is 29.0. The lowest BCUT2D eigenvalue weighted by molar-refractivity contribution is 0.0979.